The number of hydrogen-bond donors (Lipinski definition) is 0. The molecular formula is C10H22O6P. The quantitative estimate of drug-likeness (QED) is 0.449. The highest BCUT2D eigenvalue weighted by atomic mass is 31.2. The Labute approximate surface area is 103 Å². The van der Waals surface area contributed by atoms with Crippen molar-refractivity contribution in [2.75, 3.05) is 26.4 Å². The van der Waals surface area contributed by atoms with Gasteiger partial charge in [0.25, 0.3) is 0 Å². The van der Waals surface area contributed by atoms with Crippen LogP contribution in [0.5, 0.6) is 0 Å². The molecule has 0 N–H and O–H groups in total. The molecule has 1 radical (unpaired) electrons. The van der Waals surface area contributed by atoms with Gasteiger partial charge in [-0.2, -0.15) is 0 Å². The lowest BCUT2D eigenvalue weighted by molar-refractivity contribution is 0.0227. The van der Waals surface area contributed by atoms with Crippen LogP contribution in [0.25, 0.3) is 0 Å². The van der Waals surface area contributed by atoms with E-state index in [2.05, 4.69) is 9.05 Å². The largest absolute Gasteiger partial charge is 0.502 e. The van der Waals surface area contributed by atoms with Crippen LogP contribution in [0.15, 0.2) is 0 Å². The van der Waals surface area contributed by atoms with Crippen molar-refractivity contribution in [3.8, 4) is 0 Å². The second-order valence-electron chi connectivity index (χ2n) is 3.95. The van der Waals surface area contributed by atoms with Crippen LogP contribution < -0.4 is 0 Å². The summed E-state index contributed by atoms with van der Waals surface area (Å²) in [6.45, 7) is 7.79. The van der Waals surface area contributed by atoms with Crippen molar-refractivity contribution in [3.05, 3.63) is 0 Å². The van der Waals surface area contributed by atoms with Crippen LogP contribution >= 0.6 is 7.82 Å². The molecule has 0 saturated carbocycles. The van der Waals surface area contributed by atoms with Crippen LogP contribution in [0, 0.1) is 0 Å². The Hall–Kier alpha value is 0.0300. The summed E-state index contributed by atoms with van der Waals surface area (Å²) in [6, 6.07) is 0. The molecule has 0 aromatic carbocycles. The SMILES string of the molecule is CC(C)OCCOP([O])(=O)OCCOC(C)C. The standard InChI is InChI=1S/C10H22O6P/c1-9(2)13-5-7-15-17(11,12)16-8-6-14-10(3)4/h9-10H,5-8H2,1-4H3. The number of rotatable bonds is 10. The van der Waals surface area contributed by atoms with E-state index in [4.69, 9.17) is 9.47 Å². The molecule has 0 saturated heterocycles. The monoisotopic (exact) mass is 269 g/mol. The van der Waals surface area contributed by atoms with Gasteiger partial charge in [-0.25, -0.2) is 4.57 Å². The van der Waals surface area contributed by atoms with E-state index in [1.54, 1.807) is 0 Å². The van der Waals surface area contributed by atoms with Gasteiger partial charge in [-0.1, -0.05) is 0 Å². The zero-order chi connectivity index (χ0) is 13.3. The molecule has 17 heavy (non-hydrogen) atoms. The van der Waals surface area contributed by atoms with Gasteiger partial charge in [0.15, 0.2) is 0 Å². The molecule has 6 nitrogen and oxygen atoms in total. The zero-order valence-electron chi connectivity index (χ0n) is 10.9. The molecule has 0 unspecified atom stereocenters. The normalized spacial score (nSPS) is 12.6. The van der Waals surface area contributed by atoms with Crippen molar-refractivity contribution in [2.45, 2.75) is 39.9 Å². The summed E-state index contributed by atoms with van der Waals surface area (Å²) in [4.78, 5) is 11.2. The van der Waals surface area contributed by atoms with Gasteiger partial charge in [-0.15, -0.1) is 4.89 Å². The van der Waals surface area contributed by atoms with Crippen molar-refractivity contribution < 1.29 is 28.0 Å². The molecule has 0 amide bonds. The Morgan fingerprint density at radius 3 is 1.47 bits per heavy atom. The van der Waals surface area contributed by atoms with Crippen LogP contribution in [0.1, 0.15) is 27.7 Å². The van der Waals surface area contributed by atoms with Crippen molar-refractivity contribution >= 4 is 7.82 Å². The minimum atomic E-state index is -4.22. The van der Waals surface area contributed by atoms with Gasteiger partial charge >= 0.3 is 7.82 Å². The molecular weight excluding hydrogens is 247 g/mol. The Morgan fingerprint density at radius 1 is 0.824 bits per heavy atom. The lowest BCUT2D eigenvalue weighted by Gasteiger charge is -2.12. The third-order valence-electron chi connectivity index (χ3n) is 1.57. The van der Waals surface area contributed by atoms with Crippen LogP contribution in [0.3, 0.4) is 0 Å². The maximum Gasteiger partial charge on any atom is 0.502 e. The van der Waals surface area contributed by atoms with Gasteiger partial charge in [-0.3, -0.25) is 9.05 Å². The Kier molecular flexibility index (Phi) is 9.04. The maximum absolute atomic E-state index is 11.2. The van der Waals surface area contributed by atoms with E-state index < -0.39 is 7.82 Å². The van der Waals surface area contributed by atoms with E-state index in [0.29, 0.717) is 0 Å². The lowest BCUT2D eigenvalue weighted by atomic mass is 10.5. The molecule has 7 heteroatoms. The van der Waals surface area contributed by atoms with Crippen molar-refractivity contribution in [1.29, 1.82) is 0 Å². The Balaban J connectivity index is 3.55. The fourth-order valence-corrected chi connectivity index (χ4v) is 1.57. The fraction of sp³-hybridized carbons (Fsp3) is 1.00. The highest BCUT2D eigenvalue weighted by Crippen LogP contribution is 2.44. The summed E-state index contributed by atoms with van der Waals surface area (Å²) in [7, 11) is -4.22. The third-order valence-corrected chi connectivity index (χ3v) is 2.57. The molecule has 0 aromatic heterocycles. The average Bonchev–Trinajstić information content (AvgIpc) is 2.19. The summed E-state index contributed by atoms with van der Waals surface area (Å²) in [5.41, 5.74) is 0. The summed E-state index contributed by atoms with van der Waals surface area (Å²) in [5.74, 6) is 0. The molecule has 0 aliphatic carbocycles. The summed E-state index contributed by atoms with van der Waals surface area (Å²) in [6.07, 6.45) is 0.0926. The van der Waals surface area contributed by atoms with Crippen LogP contribution in [0.2, 0.25) is 0 Å². The molecule has 0 aliphatic rings. The maximum atomic E-state index is 11.2. The number of ether oxygens (including phenoxy) is 2. The predicted molar refractivity (Wildman–Crippen MR) is 62.4 cm³/mol. The first kappa shape index (κ1) is 17.0. The van der Waals surface area contributed by atoms with Gasteiger partial charge in [0.1, 0.15) is 0 Å². The average molecular weight is 269 g/mol. The lowest BCUT2D eigenvalue weighted by Crippen LogP contribution is -2.11. The minimum Gasteiger partial charge on any atom is -0.376 e. The van der Waals surface area contributed by atoms with Gasteiger partial charge in [0.2, 0.25) is 0 Å². The van der Waals surface area contributed by atoms with Crippen molar-refractivity contribution in [2.24, 2.45) is 0 Å². The summed E-state index contributed by atoms with van der Waals surface area (Å²) in [5, 5.41) is 0. The zero-order valence-corrected chi connectivity index (χ0v) is 11.8. The topological polar surface area (TPSA) is 73.9 Å². The highest BCUT2D eigenvalue weighted by molar-refractivity contribution is 7.47. The first-order valence-corrected chi connectivity index (χ1v) is 7.13. The minimum absolute atomic E-state index is 0.0377. The highest BCUT2D eigenvalue weighted by Gasteiger charge is 2.23. The molecule has 0 aliphatic heterocycles. The Morgan fingerprint density at radius 2 is 1.18 bits per heavy atom. The first-order chi connectivity index (χ1) is 7.83. The molecule has 0 heterocycles. The first-order valence-electron chi connectivity index (χ1n) is 5.67. The van der Waals surface area contributed by atoms with E-state index in [9.17, 15) is 9.46 Å². The smallest absolute Gasteiger partial charge is 0.376 e. The second kappa shape index (κ2) is 9.03. The van der Waals surface area contributed by atoms with E-state index >= 15 is 0 Å². The molecule has 0 atom stereocenters. The van der Waals surface area contributed by atoms with Gasteiger partial charge in [0.05, 0.1) is 38.6 Å². The third kappa shape index (κ3) is 12.3. The van der Waals surface area contributed by atoms with Crippen LogP contribution in [-0.2, 0) is 28.0 Å². The second-order valence-corrected chi connectivity index (χ2v) is 5.36. The Bertz CT molecular complexity index is 211. The van der Waals surface area contributed by atoms with Gasteiger partial charge < -0.3 is 9.47 Å². The van der Waals surface area contributed by atoms with E-state index in [1.165, 1.54) is 0 Å². The van der Waals surface area contributed by atoms with E-state index in [0.717, 1.165) is 0 Å². The molecule has 103 valence electrons. The van der Waals surface area contributed by atoms with Gasteiger partial charge in [0, 0.05) is 0 Å². The fourth-order valence-electron chi connectivity index (χ4n) is 0.903. The molecule has 0 fully saturated rings. The summed E-state index contributed by atoms with van der Waals surface area (Å²) < 4.78 is 30.6. The molecule has 0 spiro atoms. The molecule has 0 rings (SSSR count). The van der Waals surface area contributed by atoms with Crippen LogP contribution in [0.4, 0.5) is 0 Å². The van der Waals surface area contributed by atoms with E-state index in [1.807, 2.05) is 27.7 Å². The van der Waals surface area contributed by atoms with Crippen molar-refractivity contribution in [3.63, 3.8) is 0 Å². The van der Waals surface area contributed by atoms with E-state index in [-0.39, 0.29) is 38.6 Å². The molecule has 0 bridgehead atoms. The summed E-state index contributed by atoms with van der Waals surface area (Å²) >= 11 is 0. The van der Waals surface area contributed by atoms with Crippen LogP contribution in [-0.4, -0.2) is 38.6 Å². The number of hydrogen-bond acceptors (Lipinski definition) is 5. The molecule has 0 aromatic rings. The van der Waals surface area contributed by atoms with Crippen molar-refractivity contribution in [1.82, 2.24) is 0 Å². The predicted octanol–water partition coefficient (Wildman–Crippen LogP) is 2.41. The van der Waals surface area contributed by atoms with Gasteiger partial charge in [-0.05, 0) is 27.7 Å².